The highest BCUT2D eigenvalue weighted by molar-refractivity contribution is 5.85. The Balaban J connectivity index is 2.59. The number of fused-ring (bicyclic) bond motifs is 1. The molecule has 2 rings (SSSR count). The minimum atomic E-state index is -1.09. The number of carbonyl (C=O) groups is 1. The Labute approximate surface area is 90.3 Å². The van der Waals surface area contributed by atoms with Gasteiger partial charge in [-0.05, 0) is 6.07 Å². The Morgan fingerprint density at radius 3 is 2.94 bits per heavy atom. The van der Waals surface area contributed by atoms with Gasteiger partial charge in [0.25, 0.3) is 0 Å². The third-order valence-corrected chi connectivity index (χ3v) is 2.41. The van der Waals surface area contributed by atoms with Crippen molar-refractivity contribution < 1.29 is 19.4 Å². The van der Waals surface area contributed by atoms with E-state index in [1.54, 1.807) is 6.07 Å². The molecule has 0 aliphatic carbocycles. The number of phenolic OH excluding ortho intramolecular Hbond substituents is 1. The van der Waals surface area contributed by atoms with Gasteiger partial charge in [0.15, 0.2) is 17.7 Å². The summed E-state index contributed by atoms with van der Waals surface area (Å²) in [4.78, 5) is 14.8. The van der Waals surface area contributed by atoms with E-state index in [1.807, 2.05) is 0 Å². The molecule has 0 aliphatic rings. The van der Waals surface area contributed by atoms with Crippen LogP contribution in [0, 0.1) is 0 Å². The standard InChI is InChI=1S/C10H10N2O4/c11-3-6(10(14)15)5-1-2-7-9(8(5)13)16-4-12-7/h1-2,4,6,13H,3,11H2,(H,14,15). The van der Waals surface area contributed by atoms with Crippen molar-refractivity contribution in [1.82, 2.24) is 4.98 Å². The molecule has 16 heavy (non-hydrogen) atoms. The van der Waals surface area contributed by atoms with Crippen molar-refractivity contribution >= 4 is 17.1 Å². The number of nitrogens with two attached hydrogens (primary N) is 1. The average Bonchev–Trinajstić information content (AvgIpc) is 2.70. The molecule has 6 heteroatoms. The zero-order valence-corrected chi connectivity index (χ0v) is 8.25. The summed E-state index contributed by atoms with van der Waals surface area (Å²) in [7, 11) is 0. The molecule has 0 saturated carbocycles. The smallest absolute Gasteiger partial charge is 0.312 e. The quantitative estimate of drug-likeness (QED) is 0.703. The Hall–Kier alpha value is -2.08. The molecule has 0 spiro atoms. The van der Waals surface area contributed by atoms with Gasteiger partial charge in [0.1, 0.15) is 5.52 Å². The van der Waals surface area contributed by atoms with Crippen LogP contribution in [-0.2, 0) is 4.79 Å². The van der Waals surface area contributed by atoms with E-state index < -0.39 is 11.9 Å². The van der Waals surface area contributed by atoms with Crippen molar-refractivity contribution in [3.05, 3.63) is 24.1 Å². The molecule has 1 aromatic heterocycles. The lowest BCUT2D eigenvalue weighted by atomic mass is 9.98. The molecule has 1 unspecified atom stereocenters. The fraction of sp³-hybridized carbons (Fsp3) is 0.200. The topological polar surface area (TPSA) is 110 Å². The summed E-state index contributed by atoms with van der Waals surface area (Å²) < 4.78 is 4.97. The number of carboxylic acid groups (broad SMARTS) is 1. The van der Waals surface area contributed by atoms with Crippen LogP contribution in [0.5, 0.6) is 5.75 Å². The van der Waals surface area contributed by atoms with Crippen molar-refractivity contribution in [2.24, 2.45) is 5.73 Å². The monoisotopic (exact) mass is 222 g/mol. The first-order valence-electron chi connectivity index (χ1n) is 4.63. The van der Waals surface area contributed by atoms with Crippen molar-refractivity contribution in [3.8, 4) is 5.75 Å². The van der Waals surface area contributed by atoms with Crippen molar-refractivity contribution in [3.63, 3.8) is 0 Å². The average molecular weight is 222 g/mol. The highest BCUT2D eigenvalue weighted by Crippen LogP contribution is 2.32. The lowest BCUT2D eigenvalue weighted by molar-refractivity contribution is -0.138. The number of phenols is 1. The van der Waals surface area contributed by atoms with Crippen LogP contribution >= 0.6 is 0 Å². The SMILES string of the molecule is NCC(C(=O)O)c1ccc2ncoc2c1O. The van der Waals surface area contributed by atoms with Gasteiger partial charge in [-0.3, -0.25) is 4.79 Å². The van der Waals surface area contributed by atoms with E-state index in [4.69, 9.17) is 15.3 Å². The molecule has 0 fully saturated rings. The first kappa shape index (κ1) is 10.4. The third kappa shape index (κ3) is 1.49. The number of aromatic hydroxyl groups is 1. The van der Waals surface area contributed by atoms with Gasteiger partial charge in [-0.2, -0.15) is 0 Å². The highest BCUT2D eigenvalue weighted by atomic mass is 16.4. The number of benzene rings is 1. The minimum absolute atomic E-state index is 0.0947. The van der Waals surface area contributed by atoms with Crippen LogP contribution in [0.15, 0.2) is 22.9 Å². The number of nitrogens with zero attached hydrogens (tertiary/aromatic N) is 1. The van der Waals surface area contributed by atoms with Gasteiger partial charge in [-0.1, -0.05) is 6.07 Å². The Morgan fingerprint density at radius 2 is 2.31 bits per heavy atom. The molecule has 84 valence electrons. The first-order valence-corrected chi connectivity index (χ1v) is 4.63. The summed E-state index contributed by atoms with van der Waals surface area (Å²) in [6.45, 7) is -0.0947. The van der Waals surface area contributed by atoms with Crippen molar-refractivity contribution in [1.29, 1.82) is 0 Å². The number of oxazole rings is 1. The molecule has 6 nitrogen and oxygen atoms in total. The second-order valence-electron chi connectivity index (χ2n) is 3.33. The maximum Gasteiger partial charge on any atom is 0.312 e. The van der Waals surface area contributed by atoms with E-state index in [9.17, 15) is 9.90 Å². The summed E-state index contributed by atoms with van der Waals surface area (Å²) >= 11 is 0. The van der Waals surface area contributed by atoms with Gasteiger partial charge in [0.2, 0.25) is 0 Å². The van der Waals surface area contributed by atoms with Crippen LogP contribution in [0.3, 0.4) is 0 Å². The molecule has 1 heterocycles. The zero-order valence-electron chi connectivity index (χ0n) is 8.25. The van der Waals surface area contributed by atoms with Crippen LogP contribution in [0.25, 0.3) is 11.1 Å². The maximum absolute atomic E-state index is 10.9. The largest absolute Gasteiger partial charge is 0.504 e. The van der Waals surface area contributed by atoms with E-state index in [1.165, 1.54) is 12.5 Å². The van der Waals surface area contributed by atoms with Gasteiger partial charge in [0, 0.05) is 12.1 Å². The molecule has 1 aromatic carbocycles. The Morgan fingerprint density at radius 1 is 1.56 bits per heavy atom. The third-order valence-electron chi connectivity index (χ3n) is 2.41. The molecular formula is C10H10N2O4. The van der Waals surface area contributed by atoms with Crippen molar-refractivity contribution in [2.45, 2.75) is 5.92 Å². The van der Waals surface area contributed by atoms with Crippen LogP contribution in [0.2, 0.25) is 0 Å². The number of aromatic nitrogens is 1. The fourth-order valence-corrected chi connectivity index (χ4v) is 1.57. The number of carboxylic acids is 1. The van der Waals surface area contributed by atoms with Crippen molar-refractivity contribution in [2.75, 3.05) is 6.54 Å². The number of hydrogen-bond donors (Lipinski definition) is 3. The molecule has 0 saturated heterocycles. The number of hydrogen-bond acceptors (Lipinski definition) is 5. The van der Waals surface area contributed by atoms with E-state index in [0.29, 0.717) is 5.52 Å². The highest BCUT2D eigenvalue weighted by Gasteiger charge is 2.23. The predicted molar refractivity (Wildman–Crippen MR) is 55.1 cm³/mol. The van der Waals surface area contributed by atoms with E-state index in [0.717, 1.165) is 0 Å². The zero-order chi connectivity index (χ0) is 11.7. The van der Waals surface area contributed by atoms with Gasteiger partial charge in [-0.25, -0.2) is 4.98 Å². The van der Waals surface area contributed by atoms with Crippen LogP contribution < -0.4 is 5.73 Å². The van der Waals surface area contributed by atoms with E-state index in [2.05, 4.69) is 4.98 Å². The summed E-state index contributed by atoms with van der Waals surface area (Å²) in [5.41, 5.74) is 6.24. The van der Waals surface area contributed by atoms with Crippen LogP contribution in [0.4, 0.5) is 0 Å². The van der Waals surface area contributed by atoms with Crippen LogP contribution in [0.1, 0.15) is 11.5 Å². The lowest BCUT2D eigenvalue weighted by Gasteiger charge is -2.11. The summed E-state index contributed by atoms with van der Waals surface area (Å²) in [5, 5.41) is 18.8. The Kier molecular flexibility index (Phi) is 2.49. The molecular weight excluding hydrogens is 212 g/mol. The Bertz CT molecular complexity index is 535. The van der Waals surface area contributed by atoms with E-state index >= 15 is 0 Å². The van der Waals surface area contributed by atoms with Crippen LogP contribution in [-0.4, -0.2) is 27.7 Å². The maximum atomic E-state index is 10.9. The molecule has 4 N–H and O–H groups in total. The van der Waals surface area contributed by atoms with E-state index in [-0.39, 0.29) is 23.4 Å². The summed E-state index contributed by atoms with van der Waals surface area (Å²) in [6.07, 6.45) is 1.19. The molecule has 1 atom stereocenters. The molecule has 0 bridgehead atoms. The fourth-order valence-electron chi connectivity index (χ4n) is 1.57. The van der Waals surface area contributed by atoms with Gasteiger partial charge in [0.05, 0.1) is 5.92 Å². The van der Waals surface area contributed by atoms with Gasteiger partial charge >= 0.3 is 5.97 Å². The molecule has 2 aromatic rings. The number of aliphatic carboxylic acids is 1. The summed E-state index contributed by atoms with van der Waals surface area (Å²) in [6, 6.07) is 3.07. The minimum Gasteiger partial charge on any atom is -0.504 e. The molecule has 0 amide bonds. The molecule has 0 aliphatic heterocycles. The number of rotatable bonds is 3. The normalized spacial score (nSPS) is 12.8. The first-order chi connectivity index (χ1) is 7.65. The lowest BCUT2D eigenvalue weighted by Crippen LogP contribution is -2.21. The summed E-state index contributed by atoms with van der Waals surface area (Å²) in [5.74, 6) is -2.25. The second kappa shape index (κ2) is 3.82. The molecule has 0 radical (unpaired) electrons. The van der Waals surface area contributed by atoms with Gasteiger partial charge in [-0.15, -0.1) is 0 Å². The predicted octanol–water partition coefficient (Wildman–Crippen LogP) is 0.660. The second-order valence-corrected chi connectivity index (χ2v) is 3.33. The van der Waals surface area contributed by atoms with Gasteiger partial charge < -0.3 is 20.4 Å².